The Morgan fingerprint density at radius 1 is 1.23 bits per heavy atom. The van der Waals surface area contributed by atoms with Gasteiger partial charge in [0.2, 0.25) is 5.82 Å². The summed E-state index contributed by atoms with van der Waals surface area (Å²) in [5, 5.41) is 4.45. The van der Waals surface area contributed by atoms with Crippen LogP contribution >= 0.6 is 0 Å². The minimum Gasteiger partial charge on any atom is -0.330 e. The Morgan fingerprint density at radius 2 is 2.00 bits per heavy atom. The molecule has 0 radical (unpaired) electrons. The van der Waals surface area contributed by atoms with Crippen LogP contribution in [0.25, 0.3) is 0 Å². The van der Waals surface area contributed by atoms with E-state index in [4.69, 9.17) is 0 Å². The molecule has 0 N–H and O–H groups in total. The molecule has 1 aromatic carbocycles. The van der Waals surface area contributed by atoms with E-state index in [2.05, 4.69) is 22.2 Å². The second-order valence-corrected chi connectivity index (χ2v) is 6.41. The molecule has 2 unspecified atom stereocenters. The van der Waals surface area contributed by atoms with Crippen molar-refractivity contribution >= 4 is 5.91 Å². The van der Waals surface area contributed by atoms with Crippen molar-refractivity contribution in [2.24, 2.45) is 5.92 Å². The summed E-state index contributed by atoms with van der Waals surface area (Å²) >= 11 is 0. The lowest BCUT2D eigenvalue weighted by molar-refractivity contribution is 0.0388. The predicted octanol–water partition coefficient (Wildman–Crippen LogP) is 1.78. The fourth-order valence-electron chi connectivity index (χ4n) is 3.70. The first-order chi connectivity index (χ1) is 10.7. The van der Waals surface area contributed by atoms with Crippen LogP contribution in [-0.2, 0) is 0 Å². The Hall–Kier alpha value is -2.24. The van der Waals surface area contributed by atoms with Gasteiger partial charge < -0.3 is 4.90 Å². The number of aromatic nitrogens is 3. The molecule has 3 heterocycles. The zero-order chi connectivity index (χ0) is 14.8. The molecule has 1 saturated heterocycles. The van der Waals surface area contributed by atoms with E-state index in [1.807, 2.05) is 22.9 Å². The van der Waals surface area contributed by atoms with Crippen molar-refractivity contribution in [1.82, 2.24) is 19.7 Å². The lowest BCUT2D eigenvalue weighted by Gasteiger charge is -2.33. The molecular weight excluding hydrogens is 283 g/mol. The summed E-state index contributed by atoms with van der Waals surface area (Å²) in [7, 11) is 0. The highest BCUT2D eigenvalue weighted by atomic mass is 19.1. The number of alkyl halides is 1. The van der Waals surface area contributed by atoms with Gasteiger partial charge in [-0.15, -0.1) is 5.10 Å². The number of amides is 1. The third-order valence-corrected chi connectivity index (χ3v) is 4.95. The topological polar surface area (TPSA) is 51.0 Å². The monoisotopic (exact) mass is 298 g/mol. The first-order valence-corrected chi connectivity index (χ1v) is 7.67. The van der Waals surface area contributed by atoms with E-state index in [0.29, 0.717) is 11.8 Å². The van der Waals surface area contributed by atoms with Crippen LogP contribution in [0, 0.1) is 5.92 Å². The highest BCUT2D eigenvalue weighted by Crippen LogP contribution is 2.60. The Kier molecular flexibility index (Phi) is 2.32. The van der Waals surface area contributed by atoms with E-state index in [1.165, 1.54) is 10.5 Å². The summed E-state index contributed by atoms with van der Waals surface area (Å²) in [6.45, 7) is 0.327. The molecule has 0 bridgehead atoms. The smallest absolute Gasteiger partial charge is 0.293 e. The predicted molar refractivity (Wildman–Crippen MR) is 76.3 cm³/mol. The van der Waals surface area contributed by atoms with Crippen molar-refractivity contribution in [3.63, 3.8) is 0 Å². The molecule has 0 spiro atoms. The van der Waals surface area contributed by atoms with Gasteiger partial charge in [0.1, 0.15) is 12.0 Å². The largest absolute Gasteiger partial charge is 0.330 e. The van der Waals surface area contributed by atoms with E-state index in [9.17, 15) is 9.18 Å². The van der Waals surface area contributed by atoms with Gasteiger partial charge in [-0.1, -0.05) is 30.3 Å². The maximum atomic E-state index is 12.9. The summed E-state index contributed by atoms with van der Waals surface area (Å²) in [6.07, 6.45) is 0.214. The fourth-order valence-corrected chi connectivity index (χ4v) is 3.70. The molecule has 3 atom stereocenters. The molecule has 112 valence electrons. The zero-order valence-corrected chi connectivity index (χ0v) is 11.9. The number of hydrogen-bond donors (Lipinski definition) is 0. The number of fused-ring (bicyclic) bond motifs is 3. The molecule has 1 amide bonds. The van der Waals surface area contributed by atoms with Crippen LogP contribution in [0.5, 0.6) is 0 Å². The zero-order valence-electron chi connectivity index (χ0n) is 11.9. The van der Waals surface area contributed by atoms with Crippen molar-refractivity contribution in [2.75, 3.05) is 13.1 Å². The minimum absolute atomic E-state index is 0.164. The molecule has 22 heavy (non-hydrogen) atoms. The van der Waals surface area contributed by atoms with E-state index in [0.717, 1.165) is 12.2 Å². The summed E-state index contributed by atoms with van der Waals surface area (Å²) in [5.74, 6) is 1.86. The maximum Gasteiger partial charge on any atom is 0.293 e. The number of nitrogens with zero attached hydrogens (tertiary/aromatic N) is 4. The molecule has 2 aromatic rings. The highest BCUT2D eigenvalue weighted by molar-refractivity contribution is 5.91. The number of rotatable bonds is 2. The van der Waals surface area contributed by atoms with Crippen molar-refractivity contribution in [3.05, 3.63) is 47.5 Å². The van der Waals surface area contributed by atoms with Crippen LogP contribution in [-0.4, -0.2) is 44.8 Å². The normalized spacial score (nSPS) is 29.0. The average molecular weight is 298 g/mol. The standard InChI is InChI=1S/C16H15FN4O/c17-10-7-20(8-10)16(22)14-18-15-12-6-11(12)13(21(15)19-14)9-4-2-1-3-5-9/h1-5,10-13H,6-8H2/t11?,12-,13?/m0/s1. The van der Waals surface area contributed by atoms with E-state index in [1.54, 1.807) is 0 Å². The molecule has 1 aliphatic carbocycles. The Morgan fingerprint density at radius 3 is 2.73 bits per heavy atom. The van der Waals surface area contributed by atoms with E-state index in [-0.39, 0.29) is 30.9 Å². The van der Waals surface area contributed by atoms with Crippen LogP contribution in [0.3, 0.4) is 0 Å². The van der Waals surface area contributed by atoms with E-state index < -0.39 is 6.17 Å². The SMILES string of the molecule is O=C(c1nc2n(n1)C(c1ccccc1)C1C[C@H]21)N1CC(F)C1. The average Bonchev–Trinajstić information content (AvgIpc) is 3.04. The van der Waals surface area contributed by atoms with E-state index >= 15 is 0 Å². The number of carbonyl (C=O) groups excluding carboxylic acids is 1. The Balaban J connectivity index is 1.49. The number of benzene rings is 1. The van der Waals surface area contributed by atoms with Gasteiger partial charge in [0.25, 0.3) is 5.91 Å². The van der Waals surface area contributed by atoms with Crippen LogP contribution in [0.15, 0.2) is 30.3 Å². The Labute approximate surface area is 126 Å². The van der Waals surface area contributed by atoms with Crippen molar-refractivity contribution < 1.29 is 9.18 Å². The minimum atomic E-state index is -0.900. The second-order valence-electron chi connectivity index (χ2n) is 6.41. The van der Waals surface area contributed by atoms with Gasteiger partial charge in [-0.3, -0.25) is 4.79 Å². The third kappa shape index (κ3) is 1.60. The molecule has 5 nitrogen and oxygen atoms in total. The molecule has 5 rings (SSSR count). The van der Waals surface area contributed by atoms with Gasteiger partial charge in [-0.05, 0) is 17.9 Å². The van der Waals surface area contributed by atoms with Gasteiger partial charge in [0, 0.05) is 5.92 Å². The number of halogens is 1. The quantitative estimate of drug-likeness (QED) is 0.849. The van der Waals surface area contributed by atoms with Gasteiger partial charge in [0.05, 0.1) is 19.1 Å². The summed E-state index contributed by atoms with van der Waals surface area (Å²) in [6, 6.07) is 10.4. The van der Waals surface area contributed by atoms with Crippen LogP contribution in [0.4, 0.5) is 4.39 Å². The summed E-state index contributed by atoms with van der Waals surface area (Å²) in [5.41, 5.74) is 1.21. The van der Waals surface area contributed by atoms with Gasteiger partial charge >= 0.3 is 0 Å². The van der Waals surface area contributed by atoms with Gasteiger partial charge in [0.15, 0.2) is 0 Å². The van der Waals surface area contributed by atoms with Crippen molar-refractivity contribution in [3.8, 4) is 0 Å². The van der Waals surface area contributed by atoms with Crippen molar-refractivity contribution in [1.29, 1.82) is 0 Å². The third-order valence-electron chi connectivity index (χ3n) is 4.95. The molecule has 3 aliphatic rings. The first-order valence-electron chi connectivity index (χ1n) is 7.67. The highest BCUT2D eigenvalue weighted by Gasteiger charge is 2.55. The van der Waals surface area contributed by atoms with Crippen LogP contribution in [0.2, 0.25) is 0 Å². The fraction of sp³-hybridized carbons (Fsp3) is 0.438. The van der Waals surface area contributed by atoms with Crippen molar-refractivity contribution in [2.45, 2.75) is 24.6 Å². The first kappa shape index (κ1) is 12.3. The maximum absolute atomic E-state index is 12.9. The summed E-state index contributed by atoms with van der Waals surface area (Å²) < 4.78 is 14.8. The molecular formula is C16H15FN4O. The lowest BCUT2D eigenvalue weighted by Crippen LogP contribution is -2.51. The van der Waals surface area contributed by atoms with Gasteiger partial charge in [-0.25, -0.2) is 14.1 Å². The van der Waals surface area contributed by atoms with Gasteiger partial charge in [-0.2, -0.15) is 0 Å². The lowest BCUT2D eigenvalue weighted by atomic mass is 10.0. The molecule has 1 aromatic heterocycles. The molecule has 2 fully saturated rings. The number of likely N-dealkylation sites (tertiary alicyclic amines) is 1. The van der Waals surface area contributed by atoms with Crippen LogP contribution in [0.1, 0.15) is 40.4 Å². The summed E-state index contributed by atoms with van der Waals surface area (Å²) in [4.78, 5) is 18.2. The number of carbonyl (C=O) groups is 1. The Bertz CT molecular complexity index is 753. The van der Waals surface area contributed by atoms with Crippen LogP contribution < -0.4 is 0 Å². The molecule has 1 saturated carbocycles. The number of hydrogen-bond acceptors (Lipinski definition) is 3. The second kappa shape index (κ2) is 4.15. The molecule has 6 heteroatoms. The molecule has 2 aliphatic heterocycles.